The number of aryl methyl sites for hydroxylation is 1. The maximum Gasteiger partial charge on any atom is 0.409 e. The smallest absolute Gasteiger partial charge is 0.409 e. The zero-order valence-electron chi connectivity index (χ0n) is 12.9. The van der Waals surface area contributed by atoms with Crippen molar-refractivity contribution in [2.24, 2.45) is 5.92 Å². The Morgan fingerprint density at radius 3 is 2.77 bits per heavy atom. The van der Waals surface area contributed by atoms with Crippen LogP contribution in [0.4, 0.5) is 4.79 Å². The fourth-order valence-corrected chi connectivity index (χ4v) is 3.19. The second-order valence-electron chi connectivity index (χ2n) is 5.78. The van der Waals surface area contributed by atoms with E-state index in [4.69, 9.17) is 4.74 Å². The second-order valence-corrected chi connectivity index (χ2v) is 5.78. The maximum absolute atomic E-state index is 12.6. The van der Waals surface area contributed by atoms with E-state index in [1.165, 1.54) is 0 Å². The van der Waals surface area contributed by atoms with E-state index in [0.717, 1.165) is 30.7 Å². The molecule has 1 aromatic rings. The van der Waals surface area contributed by atoms with Crippen LogP contribution in [0.3, 0.4) is 0 Å². The summed E-state index contributed by atoms with van der Waals surface area (Å²) >= 11 is 0. The van der Waals surface area contributed by atoms with E-state index in [1.54, 1.807) is 18.2 Å². The highest BCUT2D eigenvalue weighted by atomic mass is 16.6. The summed E-state index contributed by atoms with van der Waals surface area (Å²) in [6.45, 7) is 4.45. The van der Waals surface area contributed by atoms with Gasteiger partial charge < -0.3 is 19.5 Å². The zero-order chi connectivity index (χ0) is 15.5. The number of ether oxygens (including phenoxy) is 1. The first-order chi connectivity index (χ1) is 10.7. The highest BCUT2D eigenvalue weighted by Gasteiger charge is 2.32. The highest BCUT2D eigenvalue weighted by Crippen LogP contribution is 2.25. The molecule has 1 saturated heterocycles. The molecule has 1 aliphatic carbocycles. The number of piperazine rings is 1. The number of nitrogens with one attached hydrogen (secondary N) is 1. The third-order valence-corrected chi connectivity index (χ3v) is 4.45. The van der Waals surface area contributed by atoms with Crippen molar-refractivity contribution >= 4 is 12.0 Å². The molecule has 1 N–H and O–H groups in total. The van der Waals surface area contributed by atoms with Gasteiger partial charge in [0.25, 0.3) is 0 Å². The van der Waals surface area contributed by atoms with Crippen LogP contribution >= 0.6 is 0 Å². The first-order valence-electron chi connectivity index (χ1n) is 7.90. The van der Waals surface area contributed by atoms with Gasteiger partial charge in [0.2, 0.25) is 5.91 Å². The van der Waals surface area contributed by atoms with Crippen molar-refractivity contribution in [2.45, 2.75) is 26.2 Å². The Balaban J connectivity index is 1.53. The van der Waals surface area contributed by atoms with Crippen molar-refractivity contribution in [1.82, 2.24) is 19.8 Å². The highest BCUT2D eigenvalue weighted by molar-refractivity contribution is 5.80. The number of aromatic nitrogens is 2. The van der Waals surface area contributed by atoms with Crippen LogP contribution in [0.2, 0.25) is 0 Å². The van der Waals surface area contributed by atoms with E-state index >= 15 is 0 Å². The molecule has 1 aliphatic heterocycles. The van der Waals surface area contributed by atoms with E-state index < -0.39 is 0 Å². The summed E-state index contributed by atoms with van der Waals surface area (Å²) in [6, 6.07) is 0. The molecule has 1 unspecified atom stereocenters. The molecule has 3 rings (SSSR count). The predicted octanol–water partition coefficient (Wildman–Crippen LogP) is 0.815. The van der Waals surface area contributed by atoms with Gasteiger partial charge in [0, 0.05) is 44.2 Å². The van der Waals surface area contributed by atoms with Gasteiger partial charge >= 0.3 is 6.09 Å². The maximum atomic E-state index is 12.6. The number of nitrogens with zero attached hydrogens (tertiary/aromatic N) is 3. The number of fused-ring (bicyclic) bond motifs is 1. The van der Waals surface area contributed by atoms with Crippen LogP contribution in [0, 0.1) is 5.92 Å². The minimum Gasteiger partial charge on any atom is -0.450 e. The SMILES string of the molecule is CCOC(=O)N1CCN(C(=O)C2CCc3nc[nH]c3C2)CC1. The number of H-pyrrole nitrogens is 1. The topological polar surface area (TPSA) is 78.5 Å². The lowest BCUT2D eigenvalue weighted by atomic mass is 9.88. The van der Waals surface area contributed by atoms with Crippen molar-refractivity contribution in [3.8, 4) is 0 Å². The van der Waals surface area contributed by atoms with E-state index in [-0.39, 0.29) is 17.9 Å². The van der Waals surface area contributed by atoms with Crippen LogP contribution < -0.4 is 0 Å². The lowest BCUT2D eigenvalue weighted by molar-refractivity contribution is -0.137. The van der Waals surface area contributed by atoms with Crippen molar-refractivity contribution < 1.29 is 14.3 Å². The molecule has 22 heavy (non-hydrogen) atoms. The summed E-state index contributed by atoms with van der Waals surface area (Å²) in [5.41, 5.74) is 2.19. The Morgan fingerprint density at radius 2 is 2.05 bits per heavy atom. The predicted molar refractivity (Wildman–Crippen MR) is 79.3 cm³/mol. The largest absolute Gasteiger partial charge is 0.450 e. The molecular weight excluding hydrogens is 284 g/mol. The van der Waals surface area contributed by atoms with Gasteiger partial charge in [-0.2, -0.15) is 0 Å². The Hall–Kier alpha value is -2.05. The van der Waals surface area contributed by atoms with Gasteiger partial charge in [-0.1, -0.05) is 0 Å². The lowest BCUT2D eigenvalue weighted by Crippen LogP contribution is -2.52. The second kappa shape index (κ2) is 6.37. The number of hydrogen-bond acceptors (Lipinski definition) is 4. The van der Waals surface area contributed by atoms with Gasteiger partial charge in [0.15, 0.2) is 0 Å². The molecule has 1 atom stereocenters. The summed E-state index contributed by atoms with van der Waals surface area (Å²) in [7, 11) is 0. The molecule has 1 aromatic heterocycles. The molecule has 1 fully saturated rings. The Kier molecular flexibility index (Phi) is 4.31. The van der Waals surface area contributed by atoms with E-state index in [1.807, 2.05) is 4.90 Å². The van der Waals surface area contributed by atoms with E-state index in [2.05, 4.69) is 9.97 Å². The monoisotopic (exact) mass is 306 g/mol. The third kappa shape index (κ3) is 2.93. The number of carbonyl (C=O) groups is 2. The molecule has 2 heterocycles. The van der Waals surface area contributed by atoms with Crippen LogP contribution in [-0.2, 0) is 22.4 Å². The molecule has 0 spiro atoms. The van der Waals surface area contributed by atoms with Crippen LogP contribution in [0.1, 0.15) is 24.7 Å². The number of hydrogen-bond donors (Lipinski definition) is 1. The molecule has 2 aliphatic rings. The molecule has 0 radical (unpaired) electrons. The lowest BCUT2D eigenvalue weighted by Gasteiger charge is -2.36. The van der Waals surface area contributed by atoms with Gasteiger partial charge in [-0.05, 0) is 19.8 Å². The number of imidazole rings is 1. The first-order valence-corrected chi connectivity index (χ1v) is 7.90. The molecular formula is C15H22N4O3. The zero-order valence-corrected chi connectivity index (χ0v) is 12.9. The average Bonchev–Trinajstić information content (AvgIpc) is 3.02. The number of amides is 2. The average molecular weight is 306 g/mol. The standard InChI is InChI=1S/C15H22N4O3/c1-2-22-15(21)19-7-5-18(6-8-19)14(20)11-3-4-12-13(9-11)17-10-16-12/h10-11H,2-9H2,1H3,(H,16,17). The normalized spacial score (nSPS) is 21.4. The summed E-state index contributed by atoms with van der Waals surface area (Å²) in [6.07, 6.45) is 3.88. The third-order valence-electron chi connectivity index (χ3n) is 4.45. The van der Waals surface area contributed by atoms with Gasteiger partial charge in [-0.15, -0.1) is 0 Å². The van der Waals surface area contributed by atoms with Crippen LogP contribution in [0.25, 0.3) is 0 Å². The van der Waals surface area contributed by atoms with E-state index in [0.29, 0.717) is 32.8 Å². The van der Waals surface area contributed by atoms with Crippen molar-refractivity contribution in [1.29, 1.82) is 0 Å². The Labute approximate surface area is 129 Å². The van der Waals surface area contributed by atoms with Gasteiger partial charge in [-0.25, -0.2) is 9.78 Å². The number of aromatic amines is 1. The molecule has 7 heteroatoms. The minimum absolute atomic E-state index is 0.0297. The summed E-state index contributed by atoms with van der Waals surface area (Å²) < 4.78 is 5.00. The summed E-state index contributed by atoms with van der Waals surface area (Å²) in [5, 5.41) is 0. The van der Waals surface area contributed by atoms with Crippen LogP contribution in [0.5, 0.6) is 0 Å². The molecule has 120 valence electrons. The Bertz CT molecular complexity index is 549. The van der Waals surface area contributed by atoms with Crippen molar-refractivity contribution in [2.75, 3.05) is 32.8 Å². The summed E-state index contributed by atoms with van der Waals surface area (Å²) in [4.78, 5) is 35.3. The molecule has 0 bridgehead atoms. The number of rotatable bonds is 2. The molecule has 0 saturated carbocycles. The van der Waals surface area contributed by atoms with E-state index in [9.17, 15) is 9.59 Å². The van der Waals surface area contributed by atoms with Gasteiger partial charge in [0.1, 0.15) is 0 Å². The van der Waals surface area contributed by atoms with Crippen molar-refractivity contribution in [3.05, 3.63) is 17.7 Å². The quantitative estimate of drug-likeness (QED) is 0.877. The fraction of sp³-hybridized carbons (Fsp3) is 0.667. The minimum atomic E-state index is -0.283. The van der Waals surface area contributed by atoms with Crippen molar-refractivity contribution in [3.63, 3.8) is 0 Å². The first kappa shape index (κ1) is 14.9. The fourth-order valence-electron chi connectivity index (χ4n) is 3.19. The van der Waals surface area contributed by atoms with Crippen LogP contribution in [0.15, 0.2) is 6.33 Å². The molecule has 2 amide bonds. The Morgan fingerprint density at radius 1 is 1.32 bits per heavy atom. The number of carbonyl (C=O) groups excluding carboxylic acids is 2. The summed E-state index contributed by atoms with van der Waals surface area (Å²) in [5.74, 6) is 0.228. The molecule has 0 aromatic carbocycles. The molecule has 7 nitrogen and oxygen atoms in total. The van der Waals surface area contributed by atoms with Gasteiger partial charge in [0.05, 0.1) is 18.6 Å². The van der Waals surface area contributed by atoms with Crippen LogP contribution in [-0.4, -0.2) is 64.6 Å². The van der Waals surface area contributed by atoms with Gasteiger partial charge in [-0.3, -0.25) is 4.79 Å².